The van der Waals surface area contributed by atoms with Crippen molar-refractivity contribution in [3.8, 4) is 56.4 Å². The molecule has 10 aromatic rings. The van der Waals surface area contributed by atoms with Gasteiger partial charge in [-0.15, -0.1) is 10.2 Å². The maximum absolute atomic E-state index is 12.0. The predicted molar refractivity (Wildman–Crippen MR) is 379 cm³/mol. The Hall–Kier alpha value is -8.30. The van der Waals surface area contributed by atoms with Gasteiger partial charge in [-0.3, -0.25) is 29.3 Å². The summed E-state index contributed by atoms with van der Waals surface area (Å²) in [7, 11) is 2.63. The van der Waals surface area contributed by atoms with Crippen LogP contribution < -0.4 is 10.8 Å². The van der Waals surface area contributed by atoms with E-state index >= 15 is 0 Å². The Morgan fingerprint density at radius 2 is 1.29 bits per heavy atom. The second kappa shape index (κ2) is 29.8. The van der Waals surface area contributed by atoms with E-state index < -0.39 is 28.9 Å². The zero-order valence-corrected chi connectivity index (χ0v) is 60.5. The van der Waals surface area contributed by atoms with Crippen LogP contribution in [0.5, 0.6) is 0 Å². The van der Waals surface area contributed by atoms with Gasteiger partial charge < -0.3 is 24.3 Å². The number of fused-ring (bicyclic) bond motifs is 2. The van der Waals surface area contributed by atoms with Crippen molar-refractivity contribution in [3.63, 3.8) is 0 Å². The molecule has 0 radical (unpaired) electrons. The van der Waals surface area contributed by atoms with Gasteiger partial charge in [-0.2, -0.15) is 10.2 Å². The fourth-order valence-electron chi connectivity index (χ4n) is 9.61. The predicted octanol–water partition coefficient (Wildman–Crippen LogP) is 13.2. The quantitative estimate of drug-likeness (QED) is 0.0408. The third-order valence-corrected chi connectivity index (χ3v) is 17.8. The number of halogens is 1. The summed E-state index contributed by atoms with van der Waals surface area (Å²) in [4.78, 5) is 34.7. The normalized spacial score (nSPS) is 13.5. The minimum Gasteiger partial charge on any atom is -0.444 e. The molecule has 1 N–H and O–H groups in total. The fourth-order valence-corrected chi connectivity index (χ4v) is 11.6. The van der Waals surface area contributed by atoms with Crippen LogP contribution in [0.2, 0.25) is 39.3 Å². The van der Waals surface area contributed by atoms with Gasteiger partial charge in [-0.25, -0.2) is 14.2 Å². The molecule has 488 valence electrons. The lowest BCUT2D eigenvalue weighted by atomic mass is 9.82. The molecule has 9 heterocycles. The van der Waals surface area contributed by atoms with Crippen LogP contribution in [-0.4, -0.2) is 154 Å². The van der Waals surface area contributed by atoms with Gasteiger partial charge in [0.25, 0.3) is 0 Å². The van der Waals surface area contributed by atoms with Crippen molar-refractivity contribution in [1.29, 1.82) is 0 Å². The average Bonchev–Trinajstić information content (AvgIpc) is 1.69. The van der Waals surface area contributed by atoms with Crippen LogP contribution in [0.15, 0.2) is 132 Å². The third kappa shape index (κ3) is 19.2. The van der Waals surface area contributed by atoms with E-state index in [4.69, 9.17) is 24.6 Å². The molecule has 0 aliphatic carbocycles. The number of aromatic nitrogens is 14. The Morgan fingerprint density at radius 3 is 1.86 bits per heavy atom. The summed E-state index contributed by atoms with van der Waals surface area (Å²) in [5.41, 5.74) is 20.7. The zero-order valence-electron chi connectivity index (χ0n) is 56.9. The summed E-state index contributed by atoms with van der Waals surface area (Å²) < 4.78 is 25.9. The van der Waals surface area contributed by atoms with Gasteiger partial charge in [0.2, 0.25) is 0 Å². The summed E-state index contributed by atoms with van der Waals surface area (Å²) in [6, 6.07) is 28.7. The summed E-state index contributed by atoms with van der Waals surface area (Å²) in [5, 5.41) is 35.3. The van der Waals surface area contributed by atoms with E-state index in [1.807, 2.05) is 148 Å². The van der Waals surface area contributed by atoms with Crippen molar-refractivity contribution in [3.05, 3.63) is 148 Å². The molecule has 1 fully saturated rings. The Labute approximate surface area is 556 Å². The van der Waals surface area contributed by atoms with Crippen molar-refractivity contribution < 1.29 is 18.8 Å². The number of aryl methyl sites for hydroxylation is 3. The fraction of sp³-hybridized carbons (Fsp3) is 0.409. The Bertz CT molecular complexity index is 4240. The number of ether oxygens (including phenoxy) is 1. The summed E-state index contributed by atoms with van der Waals surface area (Å²) in [6.45, 7) is 33.9. The molecule has 23 nitrogen and oxygen atoms in total. The Morgan fingerprint density at radius 1 is 0.731 bits per heavy atom. The highest BCUT2D eigenvalue weighted by Crippen LogP contribution is 2.37. The zero-order chi connectivity index (χ0) is 67.6. The van der Waals surface area contributed by atoms with Crippen LogP contribution >= 0.6 is 15.9 Å². The molecule has 1 amide bonds. The molecule has 27 heteroatoms. The first-order chi connectivity index (χ1) is 43.8. The lowest BCUT2D eigenvalue weighted by Gasteiger charge is -2.32. The summed E-state index contributed by atoms with van der Waals surface area (Å²) in [5.74, 6) is 0. The third-order valence-electron chi connectivity index (χ3n) is 15.0. The van der Waals surface area contributed by atoms with Crippen LogP contribution in [-0.2, 0) is 40.4 Å². The summed E-state index contributed by atoms with van der Waals surface area (Å²) >= 11 is 3.52. The van der Waals surface area contributed by atoms with Crippen molar-refractivity contribution >= 4 is 72.6 Å². The van der Waals surface area contributed by atoms with Crippen LogP contribution in [0.25, 0.3) is 88.7 Å². The Balaban J connectivity index is 0.000000170. The SMILES string of the molecule is CN(CCn1cc(B2OC(C)(C)C(C)(C)O2)cn1)C(=O)OC(C)(C)C.CNCCn1cc(-c2cnc3ccc(-c4c(-c5cccc(C)n5)nnn4C)cc3c2)cn1.C[Si](C)(C)CN=[N+]=[N-].Cc1cccc(-c2nnn(C[Si](C)(C)C)c2-c2ccc3ncc(Br)cc3c2)n1. The van der Waals surface area contributed by atoms with Gasteiger partial charge >= 0.3 is 13.2 Å². The molecule has 11 rings (SSSR count). The second-order valence-electron chi connectivity index (χ2n) is 27.5. The van der Waals surface area contributed by atoms with Gasteiger partial charge in [0.05, 0.1) is 80.4 Å². The molecule has 8 aromatic heterocycles. The maximum Gasteiger partial charge on any atom is 0.498 e. The van der Waals surface area contributed by atoms with Crippen molar-refractivity contribution in [2.75, 3.05) is 33.4 Å². The first kappa shape index (κ1) is 70.6. The van der Waals surface area contributed by atoms with E-state index in [9.17, 15) is 4.79 Å². The van der Waals surface area contributed by atoms with E-state index in [0.717, 1.165) is 119 Å². The second-order valence-corrected chi connectivity index (χ2v) is 39.3. The van der Waals surface area contributed by atoms with Crippen LogP contribution in [0.4, 0.5) is 4.79 Å². The van der Waals surface area contributed by atoms with E-state index in [2.05, 4.69) is 170 Å². The first-order valence-electron chi connectivity index (χ1n) is 31.0. The van der Waals surface area contributed by atoms with Crippen molar-refractivity contribution in [2.45, 2.75) is 138 Å². The molecule has 1 saturated heterocycles. The molecular formula is C66H87BBrN19O4Si2. The van der Waals surface area contributed by atoms with Gasteiger partial charge in [0, 0.05) is 130 Å². The number of hydrogen-bond donors (Lipinski definition) is 1. The molecular weight excluding hydrogens is 1270 g/mol. The minimum absolute atomic E-state index is 0.342. The number of amides is 1. The Kier molecular flexibility index (Phi) is 22.6. The van der Waals surface area contributed by atoms with E-state index in [0.29, 0.717) is 19.3 Å². The minimum atomic E-state index is -1.40. The van der Waals surface area contributed by atoms with Gasteiger partial charge in [-0.1, -0.05) is 79.1 Å². The topological polar surface area (TPSA) is 257 Å². The van der Waals surface area contributed by atoms with E-state index in [1.54, 1.807) is 27.5 Å². The molecule has 1 aliphatic heterocycles. The number of carbonyl (C=O) groups is 1. The highest BCUT2D eigenvalue weighted by molar-refractivity contribution is 9.10. The monoisotopic (exact) mass is 1360 g/mol. The number of rotatable bonds is 16. The highest BCUT2D eigenvalue weighted by Gasteiger charge is 2.52. The molecule has 93 heavy (non-hydrogen) atoms. The van der Waals surface area contributed by atoms with Gasteiger partial charge in [-0.05, 0) is 151 Å². The standard InChI is InChI=1S/C24H24N8.C21H22BrN5Si.C17H30BN3O4.C4H11N3Si/c1-16-5-4-6-22(28-16)23-24(31(3)30-29-23)17-7-8-21-18(11-17)12-19(13-26-21)20-14-27-32(15-20)10-9-25-2;1-14-6-5-7-19(24-14)20-21(27(26-25-20)13-28(2,3)4)15-8-9-18-16(10-15)11-17(22)12-23-18;1-15(2,3)23-14(22)20(8)9-10-21-12-13(11-19-21)18-24-16(4,5)17(6,7)25-18;1-8(2,3)4-6-7-5/h4-8,11-15,25H,9-10H2,1-3H3;5-12H,13H2,1-4H3;11-12H,9-10H2,1-8H3;4H2,1-3H3. The number of azide groups is 1. The van der Waals surface area contributed by atoms with E-state index in [-0.39, 0.29) is 17.3 Å². The van der Waals surface area contributed by atoms with Crippen LogP contribution in [0, 0.1) is 13.8 Å². The number of pyridine rings is 4. The number of likely N-dealkylation sites (N-methyl/N-ethyl adjacent to an activating group) is 2. The van der Waals surface area contributed by atoms with Crippen LogP contribution in [0.1, 0.15) is 59.9 Å². The molecule has 0 spiro atoms. The average molecular weight is 1360 g/mol. The van der Waals surface area contributed by atoms with Gasteiger partial charge in [0.15, 0.2) is 0 Å². The van der Waals surface area contributed by atoms with Crippen molar-refractivity contribution in [1.82, 2.24) is 79.7 Å². The number of nitrogens with one attached hydrogen (secondary N) is 1. The number of hydrogen-bond acceptors (Lipinski definition) is 16. The molecule has 0 saturated carbocycles. The molecule has 2 aromatic carbocycles. The van der Waals surface area contributed by atoms with Gasteiger partial charge in [0.1, 0.15) is 17.0 Å². The van der Waals surface area contributed by atoms with Crippen LogP contribution in [0.3, 0.4) is 0 Å². The molecule has 1 aliphatic rings. The number of carbonyl (C=O) groups excluding carboxylic acids is 1. The lowest BCUT2D eigenvalue weighted by molar-refractivity contribution is 0.00578. The highest BCUT2D eigenvalue weighted by atomic mass is 79.9. The first-order valence-corrected chi connectivity index (χ1v) is 39.2. The molecule has 0 atom stereocenters. The molecule has 0 unspecified atom stereocenters. The van der Waals surface area contributed by atoms with E-state index in [1.165, 1.54) is 0 Å². The molecule has 0 bridgehead atoms. The maximum atomic E-state index is 12.0. The summed E-state index contributed by atoms with van der Waals surface area (Å²) in [6.07, 6.45) is 12.6. The smallest absolute Gasteiger partial charge is 0.444 e. The number of benzene rings is 2. The number of nitrogens with zero attached hydrogens (tertiary/aromatic N) is 18. The van der Waals surface area contributed by atoms with Crippen molar-refractivity contribution in [2.24, 2.45) is 12.2 Å². The largest absolute Gasteiger partial charge is 0.498 e. The lowest BCUT2D eigenvalue weighted by Crippen LogP contribution is -2.41.